The van der Waals surface area contributed by atoms with Crippen molar-refractivity contribution in [2.75, 3.05) is 31.3 Å². The van der Waals surface area contributed by atoms with E-state index in [1.807, 2.05) is 0 Å². The second kappa shape index (κ2) is 8.10. The Labute approximate surface area is 157 Å². The van der Waals surface area contributed by atoms with E-state index < -0.39 is 15.7 Å². The Bertz CT molecular complexity index is 766. The van der Waals surface area contributed by atoms with Crippen LogP contribution >= 0.6 is 11.6 Å². The first-order valence-corrected chi connectivity index (χ1v) is 10.7. The lowest BCUT2D eigenvalue weighted by Gasteiger charge is -2.30. The fourth-order valence-electron chi connectivity index (χ4n) is 3.30. The summed E-state index contributed by atoms with van der Waals surface area (Å²) in [6, 6.07) is 3.29. The van der Waals surface area contributed by atoms with Crippen molar-refractivity contribution < 1.29 is 27.1 Å². The van der Waals surface area contributed by atoms with E-state index in [9.17, 15) is 17.6 Å². The molecule has 2 saturated heterocycles. The first kappa shape index (κ1) is 19.4. The van der Waals surface area contributed by atoms with E-state index in [0.717, 1.165) is 18.9 Å². The van der Waals surface area contributed by atoms with Crippen molar-refractivity contribution in [3.8, 4) is 5.75 Å². The smallest absolute Gasteiger partial charge is 0.260 e. The zero-order chi connectivity index (χ0) is 18.7. The summed E-state index contributed by atoms with van der Waals surface area (Å²) >= 11 is 5.91. The first-order valence-electron chi connectivity index (χ1n) is 8.53. The second-order valence-electron chi connectivity index (χ2n) is 6.60. The van der Waals surface area contributed by atoms with Gasteiger partial charge in [0.05, 0.1) is 22.6 Å². The highest BCUT2D eigenvalue weighted by Crippen LogP contribution is 2.26. The van der Waals surface area contributed by atoms with Gasteiger partial charge in [0.25, 0.3) is 5.91 Å². The van der Waals surface area contributed by atoms with Crippen LogP contribution in [0.3, 0.4) is 0 Å². The molecule has 0 bridgehead atoms. The minimum absolute atomic E-state index is 0.0389. The molecule has 0 aliphatic carbocycles. The molecule has 0 unspecified atom stereocenters. The van der Waals surface area contributed by atoms with Crippen molar-refractivity contribution in [3.63, 3.8) is 0 Å². The lowest BCUT2D eigenvalue weighted by molar-refractivity contribution is -0.137. The highest BCUT2D eigenvalue weighted by molar-refractivity contribution is 7.91. The number of carbonyl (C=O) groups is 1. The molecule has 2 aliphatic heterocycles. The number of hydrogen-bond donors (Lipinski definition) is 0. The number of sulfone groups is 1. The molecule has 0 aromatic heterocycles. The molecule has 0 radical (unpaired) electrons. The molecule has 6 nitrogen and oxygen atoms in total. The summed E-state index contributed by atoms with van der Waals surface area (Å²) in [4.78, 5) is 14.3. The van der Waals surface area contributed by atoms with Gasteiger partial charge in [-0.15, -0.1) is 0 Å². The van der Waals surface area contributed by atoms with Crippen molar-refractivity contribution in [1.82, 2.24) is 4.90 Å². The van der Waals surface area contributed by atoms with Crippen LogP contribution in [0.1, 0.15) is 19.3 Å². The predicted octanol–water partition coefficient (Wildman–Crippen LogP) is 2.05. The molecule has 2 atom stereocenters. The average Bonchev–Trinajstić information content (AvgIpc) is 3.20. The Balaban J connectivity index is 1.67. The number of hydrogen-bond acceptors (Lipinski definition) is 5. The van der Waals surface area contributed by atoms with E-state index in [1.54, 1.807) is 4.90 Å². The molecule has 144 valence electrons. The summed E-state index contributed by atoms with van der Waals surface area (Å²) in [5.74, 6) is -0.578. The summed E-state index contributed by atoms with van der Waals surface area (Å²) in [5.41, 5.74) is 0. The van der Waals surface area contributed by atoms with Crippen LogP contribution in [0, 0.1) is 5.82 Å². The van der Waals surface area contributed by atoms with Crippen LogP contribution in [-0.2, 0) is 19.4 Å². The number of amides is 1. The molecule has 2 fully saturated rings. The molecule has 0 saturated carbocycles. The van der Waals surface area contributed by atoms with Gasteiger partial charge in [-0.1, -0.05) is 11.6 Å². The van der Waals surface area contributed by atoms with Crippen molar-refractivity contribution in [3.05, 3.63) is 29.0 Å². The van der Waals surface area contributed by atoms with Crippen LogP contribution in [0.2, 0.25) is 5.02 Å². The van der Waals surface area contributed by atoms with Crippen molar-refractivity contribution in [2.45, 2.75) is 31.4 Å². The fraction of sp³-hybridized carbons (Fsp3) is 0.588. The van der Waals surface area contributed by atoms with Crippen LogP contribution in [-0.4, -0.2) is 62.6 Å². The maximum atomic E-state index is 13.1. The minimum Gasteiger partial charge on any atom is -0.482 e. The molecule has 1 aromatic carbocycles. The van der Waals surface area contributed by atoms with Gasteiger partial charge in [0.1, 0.15) is 11.6 Å². The summed E-state index contributed by atoms with van der Waals surface area (Å²) in [5, 5.41) is 0.0759. The Morgan fingerprint density at radius 1 is 1.38 bits per heavy atom. The van der Waals surface area contributed by atoms with E-state index in [0.29, 0.717) is 19.6 Å². The monoisotopic (exact) mass is 405 g/mol. The largest absolute Gasteiger partial charge is 0.482 e. The van der Waals surface area contributed by atoms with Crippen molar-refractivity contribution in [2.24, 2.45) is 0 Å². The molecule has 2 heterocycles. The minimum atomic E-state index is -3.12. The zero-order valence-electron chi connectivity index (χ0n) is 14.2. The van der Waals surface area contributed by atoms with Gasteiger partial charge in [-0.05, 0) is 37.5 Å². The number of rotatable bonds is 6. The topological polar surface area (TPSA) is 72.9 Å². The molecule has 3 rings (SSSR count). The standard InChI is InChI=1S/C17H21ClFNO5S/c18-15-8-12(19)3-4-16(15)25-10-17(21)20(9-14-2-1-6-24-14)13-5-7-26(22,23)11-13/h3-4,8,13-14H,1-2,5-7,9-11H2/t13-,14+/m0/s1. The van der Waals surface area contributed by atoms with Gasteiger partial charge >= 0.3 is 0 Å². The molecule has 9 heteroatoms. The third-order valence-corrected chi connectivity index (χ3v) is 6.68. The summed E-state index contributed by atoms with van der Waals surface area (Å²) < 4.78 is 47.7. The van der Waals surface area contributed by atoms with Crippen LogP contribution < -0.4 is 4.74 Å². The normalized spacial score (nSPS) is 24.5. The van der Waals surface area contributed by atoms with E-state index in [1.165, 1.54) is 12.1 Å². The van der Waals surface area contributed by atoms with E-state index in [-0.39, 0.29) is 46.9 Å². The van der Waals surface area contributed by atoms with Gasteiger partial charge in [0.15, 0.2) is 16.4 Å². The van der Waals surface area contributed by atoms with E-state index in [2.05, 4.69) is 0 Å². The Hall–Kier alpha value is -1.38. The number of carbonyl (C=O) groups excluding carboxylic acids is 1. The summed E-state index contributed by atoms with van der Waals surface area (Å²) in [7, 11) is -3.12. The molecule has 0 spiro atoms. The number of ether oxygens (including phenoxy) is 2. The van der Waals surface area contributed by atoms with Crippen molar-refractivity contribution in [1.29, 1.82) is 0 Å². The van der Waals surface area contributed by atoms with Gasteiger partial charge in [-0.25, -0.2) is 12.8 Å². The molecule has 1 amide bonds. The fourth-order valence-corrected chi connectivity index (χ4v) is 5.25. The first-order chi connectivity index (χ1) is 12.3. The highest BCUT2D eigenvalue weighted by atomic mass is 35.5. The van der Waals surface area contributed by atoms with Crippen LogP contribution in [0.15, 0.2) is 18.2 Å². The van der Waals surface area contributed by atoms with E-state index >= 15 is 0 Å². The molecule has 1 aromatic rings. The van der Waals surface area contributed by atoms with Crippen LogP contribution in [0.5, 0.6) is 5.75 Å². The summed E-state index contributed by atoms with van der Waals surface area (Å²) in [6.07, 6.45) is 2.10. The van der Waals surface area contributed by atoms with Crippen molar-refractivity contribution >= 4 is 27.3 Å². The molecule has 26 heavy (non-hydrogen) atoms. The Morgan fingerprint density at radius 3 is 2.81 bits per heavy atom. The second-order valence-corrected chi connectivity index (χ2v) is 9.24. The SMILES string of the molecule is O=C(COc1ccc(F)cc1Cl)N(C[C@H]1CCCO1)[C@H]1CCS(=O)(=O)C1. The summed E-state index contributed by atoms with van der Waals surface area (Å²) in [6.45, 7) is 0.700. The molecular weight excluding hydrogens is 385 g/mol. The molecule has 2 aliphatic rings. The van der Waals surface area contributed by atoms with E-state index in [4.69, 9.17) is 21.1 Å². The zero-order valence-corrected chi connectivity index (χ0v) is 15.8. The highest BCUT2D eigenvalue weighted by Gasteiger charge is 2.36. The van der Waals surface area contributed by atoms with Gasteiger partial charge in [-0.2, -0.15) is 0 Å². The number of nitrogens with zero attached hydrogens (tertiary/aromatic N) is 1. The average molecular weight is 406 g/mol. The van der Waals surface area contributed by atoms with Crippen LogP contribution in [0.25, 0.3) is 0 Å². The quantitative estimate of drug-likeness (QED) is 0.724. The predicted molar refractivity (Wildman–Crippen MR) is 94.7 cm³/mol. The molecular formula is C17H21ClFNO5S. The lowest BCUT2D eigenvalue weighted by Crippen LogP contribution is -2.47. The third kappa shape index (κ3) is 4.86. The Morgan fingerprint density at radius 2 is 2.19 bits per heavy atom. The lowest BCUT2D eigenvalue weighted by atomic mass is 10.1. The number of halogens is 2. The maximum Gasteiger partial charge on any atom is 0.260 e. The van der Waals surface area contributed by atoms with Gasteiger partial charge in [0, 0.05) is 19.2 Å². The maximum absolute atomic E-state index is 13.1. The van der Waals surface area contributed by atoms with Crippen LogP contribution in [0.4, 0.5) is 4.39 Å². The molecule has 0 N–H and O–H groups in total. The third-order valence-electron chi connectivity index (χ3n) is 4.64. The van der Waals surface area contributed by atoms with Gasteiger partial charge in [0.2, 0.25) is 0 Å². The number of benzene rings is 1. The van der Waals surface area contributed by atoms with Gasteiger partial charge in [-0.3, -0.25) is 4.79 Å². The van der Waals surface area contributed by atoms with Gasteiger partial charge < -0.3 is 14.4 Å². The Kier molecular flexibility index (Phi) is 6.04.